The molecule has 4 N–H and O–H groups in total. The molecule has 1 atom stereocenters. The molecule has 0 bridgehead atoms. The van der Waals surface area contributed by atoms with Crippen molar-refractivity contribution in [3.8, 4) is 5.75 Å². The summed E-state index contributed by atoms with van der Waals surface area (Å²) in [6, 6.07) is 12.3. The van der Waals surface area contributed by atoms with Gasteiger partial charge in [0.1, 0.15) is 5.75 Å². The Kier molecular flexibility index (Phi) is 7.26. The molecule has 0 aliphatic carbocycles. The number of nitrogens with zero attached hydrogens (tertiary/aromatic N) is 1. The second-order valence-electron chi connectivity index (χ2n) is 5.35. The molecule has 2 rings (SSSR count). The first-order valence-electron chi connectivity index (χ1n) is 8.03. The van der Waals surface area contributed by atoms with Gasteiger partial charge in [-0.2, -0.15) is 0 Å². The molecular formula is C18H20N4O4. The fourth-order valence-corrected chi connectivity index (χ4v) is 1.99. The lowest BCUT2D eigenvalue weighted by molar-refractivity contribution is -0.141. The molecule has 0 aliphatic heterocycles. The number of nitrogens with two attached hydrogens (primary N) is 1. The number of carbonyl (C=O) groups is 3. The molecule has 2 aromatic rings. The van der Waals surface area contributed by atoms with Crippen LogP contribution in [0.2, 0.25) is 0 Å². The highest BCUT2D eigenvalue weighted by molar-refractivity contribution is 6.03. The molecule has 26 heavy (non-hydrogen) atoms. The summed E-state index contributed by atoms with van der Waals surface area (Å²) in [5, 5.41) is 4.95. The molecule has 1 aromatic heterocycles. The van der Waals surface area contributed by atoms with Crippen molar-refractivity contribution in [2.75, 3.05) is 13.1 Å². The van der Waals surface area contributed by atoms with Crippen molar-refractivity contribution in [3.05, 3.63) is 60.4 Å². The summed E-state index contributed by atoms with van der Waals surface area (Å²) in [4.78, 5) is 39.5. The molecule has 0 radical (unpaired) electrons. The van der Waals surface area contributed by atoms with E-state index in [1.54, 1.807) is 36.5 Å². The summed E-state index contributed by atoms with van der Waals surface area (Å²) in [5.74, 6) is -1.79. The van der Waals surface area contributed by atoms with Crippen LogP contribution in [0.4, 0.5) is 0 Å². The van der Waals surface area contributed by atoms with Crippen molar-refractivity contribution < 1.29 is 19.1 Å². The number of amides is 2. The minimum atomic E-state index is -1.52. The van der Waals surface area contributed by atoms with Gasteiger partial charge in [0, 0.05) is 24.9 Å². The maximum Gasteiger partial charge on any atom is 0.338 e. The molecule has 136 valence electrons. The number of hydrogen-bond acceptors (Lipinski definition) is 6. The minimum absolute atomic E-state index is 0.284. The first-order valence-corrected chi connectivity index (χ1v) is 8.03. The van der Waals surface area contributed by atoms with Crippen molar-refractivity contribution in [1.82, 2.24) is 15.6 Å². The zero-order valence-corrected chi connectivity index (χ0v) is 14.1. The predicted molar refractivity (Wildman–Crippen MR) is 94.0 cm³/mol. The Hall–Kier alpha value is -3.26. The number of nitrogens with one attached hydrogen (secondary N) is 2. The van der Waals surface area contributed by atoms with Crippen LogP contribution in [0.5, 0.6) is 5.75 Å². The van der Waals surface area contributed by atoms with Crippen molar-refractivity contribution in [1.29, 1.82) is 0 Å². The van der Waals surface area contributed by atoms with Gasteiger partial charge in [-0.25, -0.2) is 4.79 Å². The van der Waals surface area contributed by atoms with Crippen molar-refractivity contribution in [2.24, 2.45) is 5.73 Å². The van der Waals surface area contributed by atoms with Gasteiger partial charge in [0.25, 0.3) is 0 Å². The Morgan fingerprint density at radius 2 is 1.77 bits per heavy atom. The third kappa shape index (κ3) is 6.33. The summed E-state index contributed by atoms with van der Waals surface area (Å²) < 4.78 is 4.99. The summed E-state index contributed by atoms with van der Waals surface area (Å²) in [7, 11) is 0. The quantitative estimate of drug-likeness (QED) is 0.342. The highest BCUT2D eigenvalue weighted by Crippen LogP contribution is 2.08. The second kappa shape index (κ2) is 9.90. The normalized spacial score (nSPS) is 11.3. The van der Waals surface area contributed by atoms with Gasteiger partial charge in [-0.3, -0.25) is 14.6 Å². The lowest BCUT2D eigenvalue weighted by atomic mass is 10.2. The van der Waals surface area contributed by atoms with E-state index in [2.05, 4.69) is 15.6 Å². The van der Waals surface area contributed by atoms with E-state index in [-0.39, 0.29) is 12.3 Å². The zero-order valence-electron chi connectivity index (χ0n) is 14.1. The van der Waals surface area contributed by atoms with E-state index >= 15 is 0 Å². The zero-order chi connectivity index (χ0) is 18.8. The van der Waals surface area contributed by atoms with Crippen LogP contribution in [0.15, 0.2) is 54.7 Å². The lowest BCUT2D eigenvalue weighted by Crippen LogP contribution is -2.50. The summed E-state index contributed by atoms with van der Waals surface area (Å²) >= 11 is 0. The van der Waals surface area contributed by atoms with Crippen LogP contribution in [-0.4, -0.2) is 41.9 Å². The molecule has 1 aromatic carbocycles. The molecule has 2 amide bonds. The van der Waals surface area contributed by atoms with Gasteiger partial charge in [-0.1, -0.05) is 24.3 Å². The molecule has 8 heteroatoms. The Morgan fingerprint density at radius 3 is 2.46 bits per heavy atom. The first kappa shape index (κ1) is 19.1. The number of para-hydroxylation sites is 1. The van der Waals surface area contributed by atoms with E-state index in [0.717, 1.165) is 5.69 Å². The van der Waals surface area contributed by atoms with E-state index in [0.29, 0.717) is 13.0 Å². The average molecular weight is 356 g/mol. The Labute approximate surface area is 150 Å². The molecule has 0 aliphatic rings. The van der Waals surface area contributed by atoms with Gasteiger partial charge in [0.05, 0.1) is 6.54 Å². The molecular weight excluding hydrogens is 336 g/mol. The van der Waals surface area contributed by atoms with Crippen LogP contribution in [0.1, 0.15) is 5.69 Å². The van der Waals surface area contributed by atoms with Gasteiger partial charge in [0.2, 0.25) is 11.8 Å². The number of esters is 1. The highest BCUT2D eigenvalue weighted by Gasteiger charge is 2.24. The lowest BCUT2D eigenvalue weighted by Gasteiger charge is -2.12. The van der Waals surface area contributed by atoms with Crippen LogP contribution >= 0.6 is 0 Å². The maximum atomic E-state index is 11.8. The maximum absolute atomic E-state index is 11.8. The summed E-state index contributed by atoms with van der Waals surface area (Å²) in [6.07, 6.45) is 2.25. The van der Waals surface area contributed by atoms with Gasteiger partial charge in [-0.05, 0) is 24.3 Å². The largest absolute Gasteiger partial charge is 0.425 e. The van der Waals surface area contributed by atoms with E-state index in [9.17, 15) is 14.4 Å². The van der Waals surface area contributed by atoms with Gasteiger partial charge in [-0.15, -0.1) is 0 Å². The summed E-state index contributed by atoms with van der Waals surface area (Å²) in [5.41, 5.74) is 6.39. The first-order chi connectivity index (χ1) is 12.6. The minimum Gasteiger partial charge on any atom is -0.425 e. The number of hydrogen-bond donors (Lipinski definition) is 3. The molecule has 1 heterocycles. The number of ether oxygens (including phenoxy) is 1. The number of benzene rings is 1. The Bertz CT molecular complexity index is 737. The van der Waals surface area contributed by atoms with Gasteiger partial charge in [0.15, 0.2) is 6.04 Å². The monoisotopic (exact) mass is 356 g/mol. The number of pyridine rings is 1. The number of aromatic nitrogens is 1. The fraction of sp³-hybridized carbons (Fsp3) is 0.222. The van der Waals surface area contributed by atoms with E-state index in [1.165, 1.54) is 0 Å². The third-order valence-corrected chi connectivity index (χ3v) is 3.35. The SMILES string of the molecule is NC(C(=O)NCC(=O)NCCc1ccccn1)C(=O)Oc1ccccc1. The van der Waals surface area contributed by atoms with E-state index < -0.39 is 23.8 Å². The van der Waals surface area contributed by atoms with E-state index in [4.69, 9.17) is 10.5 Å². The van der Waals surface area contributed by atoms with Crippen LogP contribution in [0, 0.1) is 0 Å². The van der Waals surface area contributed by atoms with Crippen LogP contribution < -0.4 is 21.1 Å². The highest BCUT2D eigenvalue weighted by atomic mass is 16.5. The molecule has 1 unspecified atom stereocenters. The second-order valence-corrected chi connectivity index (χ2v) is 5.35. The van der Waals surface area contributed by atoms with Crippen LogP contribution in [-0.2, 0) is 20.8 Å². The smallest absolute Gasteiger partial charge is 0.338 e. The van der Waals surface area contributed by atoms with Crippen LogP contribution in [0.25, 0.3) is 0 Å². The number of rotatable bonds is 8. The fourth-order valence-electron chi connectivity index (χ4n) is 1.99. The van der Waals surface area contributed by atoms with E-state index in [1.807, 2.05) is 18.2 Å². The third-order valence-electron chi connectivity index (χ3n) is 3.35. The molecule has 8 nitrogen and oxygen atoms in total. The molecule has 0 spiro atoms. The topological polar surface area (TPSA) is 123 Å². The van der Waals surface area contributed by atoms with Gasteiger partial charge >= 0.3 is 5.97 Å². The molecule has 0 fully saturated rings. The summed E-state index contributed by atoms with van der Waals surface area (Å²) in [6.45, 7) is 0.0984. The van der Waals surface area contributed by atoms with Crippen LogP contribution in [0.3, 0.4) is 0 Å². The standard InChI is InChI=1S/C18H20N4O4/c19-16(18(25)26-14-7-2-1-3-8-14)17(24)22-12-15(23)21-11-9-13-6-4-5-10-20-13/h1-8,10,16H,9,11-12,19H2,(H,21,23)(H,22,24). The van der Waals surface area contributed by atoms with Gasteiger partial charge < -0.3 is 21.1 Å². The van der Waals surface area contributed by atoms with Crippen molar-refractivity contribution in [2.45, 2.75) is 12.5 Å². The molecule has 0 saturated heterocycles. The number of carbonyl (C=O) groups excluding carboxylic acids is 3. The predicted octanol–water partition coefficient (Wildman–Crippen LogP) is -0.211. The Balaban J connectivity index is 1.68. The van der Waals surface area contributed by atoms with Crippen molar-refractivity contribution >= 4 is 17.8 Å². The van der Waals surface area contributed by atoms with Crippen molar-refractivity contribution in [3.63, 3.8) is 0 Å². The average Bonchev–Trinajstić information content (AvgIpc) is 2.67. The Morgan fingerprint density at radius 1 is 1.04 bits per heavy atom. The molecule has 0 saturated carbocycles.